The van der Waals surface area contributed by atoms with E-state index in [1.54, 1.807) is 0 Å². The third-order valence-electron chi connectivity index (χ3n) is 4.63. The first-order valence-corrected chi connectivity index (χ1v) is 11.3. The Balaban J connectivity index is 1.86. The molecule has 1 aliphatic heterocycles. The number of nitro groups is 1. The van der Waals surface area contributed by atoms with Gasteiger partial charge in [-0.2, -0.15) is 8.61 Å². The van der Waals surface area contributed by atoms with Crippen molar-refractivity contribution in [3.63, 3.8) is 0 Å². The fourth-order valence-electron chi connectivity index (χ4n) is 2.92. The fourth-order valence-corrected chi connectivity index (χ4v) is 5.80. The van der Waals surface area contributed by atoms with Crippen molar-refractivity contribution in [3.8, 4) is 5.75 Å². The van der Waals surface area contributed by atoms with Crippen molar-refractivity contribution < 1.29 is 26.5 Å². The van der Waals surface area contributed by atoms with Gasteiger partial charge in [-0.1, -0.05) is 6.07 Å². The fraction of sp³-hybridized carbons (Fsp3) is 0.294. The van der Waals surface area contributed by atoms with Crippen LogP contribution in [0, 0.1) is 17.0 Å². The van der Waals surface area contributed by atoms with Crippen LogP contribution in [0.1, 0.15) is 5.56 Å². The summed E-state index contributed by atoms with van der Waals surface area (Å²) in [5.74, 6) is 0.496. The standard InChI is InChI=1S/C17H19N3O7S2/c1-13-3-6-16(11-17(13)20(21)22)29(25,26)19-10-9-18(12-19)28(23,24)15-7-4-14(27-2)5-8-15/h3-8,11H,9-10,12H2,1-2H3. The average Bonchev–Trinajstić information content (AvgIpc) is 3.20. The minimum Gasteiger partial charge on any atom is -0.497 e. The highest BCUT2D eigenvalue weighted by Gasteiger charge is 2.38. The van der Waals surface area contributed by atoms with Gasteiger partial charge in [-0.05, 0) is 37.3 Å². The average molecular weight is 441 g/mol. The molecule has 0 atom stereocenters. The predicted octanol–water partition coefficient (Wildman–Crippen LogP) is 1.56. The Bertz CT molecular complexity index is 1150. The van der Waals surface area contributed by atoms with Crippen molar-refractivity contribution in [1.29, 1.82) is 0 Å². The highest BCUT2D eigenvalue weighted by atomic mass is 32.2. The van der Waals surface area contributed by atoms with E-state index in [9.17, 15) is 26.9 Å². The van der Waals surface area contributed by atoms with Crippen molar-refractivity contribution in [2.24, 2.45) is 0 Å². The Kier molecular flexibility index (Phi) is 5.63. The Hall–Kier alpha value is -2.54. The molecule has 1 saturated heterocycles. The zero-order valence-corrected chi connectivity index (χ0v) is 17.3. The smallest absolute Gasteiger partial charge is 0.273 e. The second-order valence-corrected chi connectivity index (χ2v) is 10.3. The Morgan fingerprint density at radius 3 is 1.97 bits per heavy atom. The summed E-state index contributed by atoms with van der Waals surface area (Å²) in [5, 5.41) is 11.1. The maximum atomic E-state index is 12.9. The number of hydrogen-bond acceptors (Lipinski definition) is 7. The molecule has 3 rings (SSSR count). The van der Waals surface area contributed by atoms with Crippen molar-refractivity contribution in [3.05, 3.63) is 58.1 Å². The van der Waals surface area contributed by atoms with Gasteiger partial charge in [0, 0.05) is 24.7 Å². The largest absolute Gasteiger partial charge is 0.497 e. The quantitative estimate of drug-likeness (QED) is 0.492. The molecule has 0 radical (unpaired) electrons. The first-order chi connectivity index (χ1) is 13.6. The summed E-state index contributed by atoms with van der Waals surface area (Å²) in [6.45, 7) is 1.05. The number of methoxy groups -OCH3 is 1. The molecular weight excluding hydrogens is 422 g/mol. The molecule has 1 fully saturated rings. The van der Waals surface area contributed by atoms with Gasteiger partial charge in [0.2, 0.25) is 20.0 Å². The van der Waals surface area contributed by atoms with Crippen LogP contribution in [0.4, 0.5) is 5.69 Å². The zero-order valence-electron chi connectivity index (χ0n) is 15.7. The molecule has 0 N–H and O–H groups in total. The minimum atomic E-state index is -4.09. The Labute approximate surface area is 168 Å². The Morgan fingerprint density at radius 2 is 1.45 bits per heavy atom. The lowest BCUT2D eigenvalue weighted by Gasteiger charge is -2.18. The number of nitro benzene ring substituents is 1. The summed E-state index contributed by atoms with van der Waals surface area (Å²) in [4.78, 5) is 10.2. The number of aryl methyl sites for hydroxylation is 1. The van der Waals surface area contributed by atoms with Crippen LogP contribution in [-0.2, 0) is 20.0 Å². The van der Waals surface area contributed by atoms with E-state index in [0.717, 1.165) is 14.7 Å². The van der Waals surface area contributed by atoms with Gasteiger partial charge in [-0.15, -0.1) is 0 Å². The molecule has 2 aromatic rings. The van der Waals surface area contributed by atoms with E-state index < -0.39 is 25.0 Å². The maximum Gasteiger partial charge on any atom is 0.273 e. The molecule has 12 heteroatoms. The highest BCUT2D eigenvalue weighted by Crippen LogP contribution is 2.28. The van der Waals surface area contributed by atoms with Crippen LogP contribution in [0.5, 0.6) is 5.75 Å². The van der Waals surface area contributed by atoms with Crippen LogP contribution in [0.3, 0.4) is 0 Å². The van der Waals surface area contributed by atoms with Crippen LogP contribution in [0.2, 0.25) is 0 Å². The molecule has 0 spiro atoms. The summed E-state index contributed by atoms with van der Waals surface area (Å²) < 4.78 is 58.4. The predicted molar refractivity (Wildman–Crippen MR) is 103 cm³/mol. The normalized spacial score (nSPS) is 16.1. The third kappa shape index (κ3) is 3.96. The van der Waals surface area contributed by atoms with E-state index in [1.807, 2.05) is 0 Å². The van der Waals surface area contributed by atoms with Gasteiger partial charge in [-0.3, -0.25) is 10.1 Å². The van der Waals surface area contributed by atoms with Gasteiger partial charge in [0.25, 0.3) is 5.69 Å². The molecule has 156 valence electrons. The molecule has 0 bridgehead atoms. The van der Waals surface area contributed by atoms with Crippen LogP contribution < -0.4 is 4.74 Å². The number of hydrogen-bond donors (Lipinski definition) is 0. The van der Waals surface area contributed by atoms with Crippen molar-refractivity contribution >= 4 is 25.7 Å². The van der Waals surface area contributed by atoms with E-state index in [0.29, 0.717) is 11.3 Å². The summed E-state index contributed by atoms with van der Waals surface area (Å²) in [6, 6.07) is 9.39. The lowest BCUT2D eigenvalue weighted by Crippen LogP contribution is -2.34. The lowest BCUT2D eigenvalue weighted by atomic mass is 10.2. The zero-order chi connectivity index (χ0) is 21.4. The number of nitrogens with zero attached hydrogens (tertiary/aromatic N) is 3. The molecule has 10 nitrogen and oxygen atoms in total. The molecule has 0 saturated carbocycles. The molecule has 0 amide bonds. The van der Waals surface area contributed by atoms with Gasteiger partial charge < -0.3 is 4.74 Å². The molecule has 29 heavy (non-hydrogen) atoms. The van der Waals surface area contributed by atoms with Crippen molar-refractivity contribution in [2.45, 2.75) is 16.7 Å². The van der Waals surface area contributed by atoms with Crippen LogP contribution in [0.15, 0.2) is 52.3 Å². The van der Waals surface area contributed by atoms with Gasteiger partial charge in [-0.25, -0.2) is 16.8 Å². The number of ether oxygens (including phenoxy) is 1. The van der Waals surface area contributed by atoms with Gasteiger partial charge in [0.05, 0.1) is 28.5 Å². The third-order valence-corrected chi connectivity index (χ3v) is 8.30. The van der Waals surface area contributed by atoms with E-state index >= 15 is 0 Å². The molecule has 0 aromatic heterocycles. The first kappa shape index (κ1) is 21.2. The van der Waals surface area contributed by atoms with Crippen molar-refractivity contribution in [1.82, 2.24) is 8.61 Å². The molecule has 1 aliphatic rings. The van der Waals surface area contributed by atoms with E-state index in [1.165, 1.54) is 50.4 Å². The number of rotatable bonds is 6. The second kappa shape index (κ2) is 7.71. The van der Waals surface area contributed by atoms with E-state index in [-0.39, 0.29) is 35.2 Å². The SMILES string of the molecule is COc1ccc(S(=O)(=O)N2CCN(S(=O)(=O)c3ccc(C)c([N+](=O)[O-])c3)C2)cc1. The summed E-state index contributed by atoms with van der Waals surface area (Å²) in [7, 11) is -6.54. The maximum absolute atomic E-state index is 12.9. The first-order valence-electron chi connectivity index (χ1n) is 8.47. The monoisotopic (exact) mass is 441 g/mol. The minimum absolute atomic E-state index is 0.0171. The van der Waals surface area contributed by atoms with Gasteiger partial charge in [0.1, 0.15) is 5.75 Å². The topological polar surface area (TPSA) is 127 Å². The van der Waals surface area contributed by atoms with E-state index in [2.05, 4.69) is 0 Å². The Morgan fingerprint density at radius 1 is 0.931 bits per heavy atom. The molecule has 0 aliphatic carbocycles. The van der Waals surface area contributed by atoms with Crippen LogP contribution >= 0.6 is 0 Å². The molecule has 1 heterocycles. The number of sulfonamides is 2. The summed E-state index contributed by atoms with van der Waals surface area (Å²) in [5.41, 5.74) is 0.0204. The van der Waals surface area contributed by atoms with Crippen molar-refractivity contribution in [2.75, 3.05) is 26.9 Å². The number of benzene rings is 2. The lowest BCUT2D eigenvalue weighted by molar-refractivity contribution is -0.385. The van der Waals surface area contributed by atoms with E-state index in [4.69, 9.17) is 4.74 Å². The summed E-state index contributed by atoms with van der Waals surface area (Å²) in [6.07, 6.45) is 0. The van der Waals surface area contributed by atoms with Gasteiger partial charge >= 0.3 is 0 Å². The summed E-state index contributed by atoms with van der Waals surface area (Å²) >= 11 is 0. The van der Waals surface area contributed by atoms with Crippen LogP contribution in [-0.4, -0.2) is 57.2 Å². The molecule has 0 unspecified atom stereocenters. The van der Waals surface area contributed by atoms with Crippen LogP contribution in [0.25, 0.3) is 0 Å². The molecular formula is C17H19N3O7S2. The second-order valence-electron chi connectivity index (χ2n) is 6.38. The molecule has 2 aromatic carbocycles. The van der Waals surface area contributed by atoms with Gasteiger partial charge in [0.15, 0.2) is 0 Å². The highest BCUT2D eigenvalue weighted by molar-refractivity contribution is 7.90.